The van der Waals surface area contributed by atoms with Crippen LogP contribution in [0.1, 0.15) is 120 Å². The molecule has 13 rings (SSSR count). The molecule has 0 unspecified atom stereocenters. The van der Waals surface area contributed by atoms with E-state index in [1.165, 1.54) is 116 Å². The molecule has 296 valence electrons. The van der Waals surface area contributed by atoms with Gasteiger partial charge in [0.25, 0.3) is 0 Å². The fourth-order valence-electron chi connectivity index (χ4n) is 14.2. The van der Waals surface area contributed by atoms with Gasteiger partial charge in [0.2, 0.25) is 0 Å². The third kappa shape index (κ3) is 5.05. The standard InChI is InChI=1S/C57H57NS/c1-54(2)27-28-55(3,4)52-42(14-11-17-47(52)54)37-21-23-40(24-22-37)58(41-25-26-44-43-13-7-8-15-45(43)56(5,6)48(44)34-41)49-18-12-20-51-53(49)57(46-16-9-10-19-50(46)59-51)38-30-35-29-36(32-38)33-39(57)31-35/h7-26,34-36,38-39H,27-33H2,1-6H3. The maximum atomic E-state index is 2.68. The van der Waals surface area contributed by atoms with Crippen LogP contribution in [0.5, 0.6) is 0 Å². The molecule has 0 amide bonds. The SMILES string of the molecule is CC1(C)CCC(C)(C)c2c(-c3ccc(N(c4ccc5c(c4)C(C)(C)c4ccccc4-5)c4cccc5c4C4(c6ccccc6S5)C5CC6CC(C5)CC4C6)cc3)cccc21. The Morgan fingerprint density at radius 1 is 0.475 bits per heavy atom. The van der Waals surface area contributed by atoms with Crippen molar-refractivity contribution < 1.29 is 0 Å². The van der Waals surface area contributed by atoms with Gasteiger partial charge in [0.15, 0.2) is 0 Å². The quantitative estimate of drug-likeness (QED) is 0.175. The molecule has 6 aromatic carbocycles. The first kappa shape index (κ1) is 36.3. The smallest absolute Gasteiger partial charge is 0.0514 e. The van der Waals surface area contributed by atoms with Crippen LogP contribution < -0.4 is 4.90 Å². The Morgan fingerprint density at radius 2 is 1.07 bits per heavy atom. The first-order chi connectivity index (χ1) is 28.4. The van der Waals surface area contributed by atoms with Crippen LogP contribution >= 0.6 is 11.8 Å². The minimum atomic E-state index is -0.0853. The highest BCUT2D eigenvalue weighted by molar-refractivity contribution is 7.99. The monoisotopic (exact) mass is 787 g/mol. The van der Waals surface area contributed by atoms with E-state index in [0.717, 1.165) is 11.8 Å². The molecule has 1 nitrogen and oxygen atoms in total. The van der Waals surface area contributed by atoms with Crippen molar-refractivity contribution in [1.29, 1.82) is 0 Å². The summed E-state index contributed by atoms with van der Waals surface area (Å²) >= 11 is 2.02. The molecule has 0 saturated heterocycles. The Kier molecular flexibility index (Phi) is 7.70. The van der Waals surface area contributed by atoms with E-state index in [-0.39, 0.29) is 21.7 Å². The molecule has 0 N–H and O–H groups in total. The number of nitrogens with zero attached hydrogens (tertiary/aromatic N) is 1. The zero-order chi connectivity index (χ0) is 40.1. The van der Waals surface area contributed by atoms with Crippen LogP contribution in [0, 0.1) is 23.7 Å². The second-order valence-electron chi connectivity index (χ2n) is 21.2. The van der Waals surface area contributed by atoms with Gasteiger partial charge >= 0.3 is 0 Å². The minimum absolute atomic E-state index is 0.0209. The number of fused-ring (bicyclic) bond motifs is 6. The van der Waals surface area contributed by atoms with Crippen molar-refractivity contribution in [2.45, 2.75) is 118 Å². The molecular weight excluding hydrogens is 731 g/mol. The largest absolute Gasteiger partial charge is 0.310 e. The highest BCUT2D eigenvalue weighted by Gasteiger charge is 2.61. The molecule has 0 atom stereocenters. The molecule has 7 aliphatic rings. The van der Waals surface area contributed by atoms with Gasteiger partial charge < -0.3 is 4.90 Å². The van der Waals surface area contributed by atoms with Crippen LogP contribution in [0.15, 0.2) is 137 Å². The number of hydrogen-bond donors (Lipinski definition) is 0. The lowest BCUT2D eigenvalue weighted by Gasteiger charge is -2.63. The van der Waals surface area contributed by atoms with E-state index in [1.807, 2.05) is 11.8 Å². The second-order valence-corrected chi connectivity index (χ2v) is 22.3. The van der Waals surface area contributed by atoms with E-state index in [4.69, 9.17) is 0 Å². The number of hydrogen-bond acceptors (Lipinski definition) is 2. The first-order valence-corrected chi connectivity index (χ1v) is 23.5. The summed E-state index contributed by atoms with van der Waals surface area (Å²) in [4.78, 5) is 5.62. The molecule has 4 fully saturated rings. The van der Waals surface area contributed by atoms with Gasteiger partial charge in [0.1, 0.15) is 0 Å². The van der Waals surface area contributed by atoms with E-state index in [0.29, 0.717) is 11.8 Å². The van der Waals surface area contributed by atoms with Crippen LogP contribution in [-0.4, -0.2) is 0 Å². The van der Waals surface area contributed by atoms with Crippen LogP contribution in [-0.2, 0) is 21.7 Å². The van der Waals surface area contributed by atoms with Crippen LogP contribution in [0.4, 0.5) is 17.1 Å². The van der Waals surface area contributed by atoms with Crippen LogP contribution in [0.25, 0.3) is 22.3 Å². The summed E-state index contributed by atoms with van der Waals surface area (Å²) in [5, 5.41) is 0. The van der Waals surface area contributed by atoms with E-state index in [2.05, 4.69) is 174 Å². The molecule has 59 heavy (non-hydrogen) atoms. The Morgan fingerprint density at radius 3 is 1.83 bits per heavy atom. The number of benzene rings is 6. The first-order valence-electron chi connectivity index (χ1n) is 22.6. The third-order valence-electron chi connectivity index (χ3n) is 16.7. The van der Waals surface area contributed by atoms with Gasteiger partial charge in [0.05, 0.1) is 5.69 Å². The summed E-state index contributed by atoms with van der Waals surface area (Å²) < 4.78 is 0. The Hall–Kier alpha value is -4.53. The van der Waals surface area contributed by atoms with Gasteiger partial charge in [-0.25, -0.2) is 0 Å². The lowest BCUT2D eigenvalue weighted by Crippen LogP contribution is -2.57. The highest BCUT2D eigenvalue weighted by Crippen LogP contribution is 2.70. The Labute approximate surface area is 356 Å². The van der Waals surface area contributed by atoms with Crippen molar-refractivity contribution in [3.8, 4) is 22.3 Å². The molecule has 0 aromatic heterocycles. The van der Waals surface area contributed by atoms with Gasteiger partial charge in [-0.05, 0) is 172 Å². The summed E-state index contributed by atoms with van der Waals surface area (Å²) in [5.74, 6) is 3.14. The minimum Gasteiger partial charge on any atom is -0.310 e. The van der Waals surface area contributed by atoms with Gasteiger partial charge in [0, 0.05) is 37.6 Å². The lowest BCUT2D eigenvalue weighted by atomic mass is 9.42. The molecule has 1 aliphatic heterocycles. The Bertz CT molecular complexity index is 2660. The highest BCUT2D eigenvalue weighted by atomic mass is 32.2. The van der Waals surface area contributed by atoms with Crippen molar-refractivity contribution >= 4 is 28.8 Å². The van der Waals surface area contributed by atoms with Gasteiger partial charge in [-0.15, -0.1) is 0 Å². The summed E-state index contributed by atoms with van der Waals surface area (Å²) in [6.07, 6.45) is 9.37. The molecule has 6 aliphatic carbocycles. The third-order valence-corrected chi connectivity index (χ3v) is 17.9. The maximum absolute atomic E-state index is 2.68. The van der Waals surface area contributed by atoms with E-state index in [9.17, 15) is 0 Å². The van der Waals surface area contributed by atoms with E-state index < -0.39 is 0 Å². The maximum Gasteiger partial charge on any atom is 0.0514 e. The predicted octanol–water partition coefficient (Wildman–Crippen LogP) is 15.7. The predicted molar refractivity (Wildman–Crippen MR) is 248 cm³/mol. The topological polar surface area (TPSA) is 3.24 Å². The van der Waals surface area contributed by atoms with Crippen LogP contribution in [0.2, 0.25) is 0 Å². The van der Waals surface area contributed by atoms with Gasteiger partial charge in [-0.1, -0.05) is 138 Å². The normalized spacial score (nSPS) is 26.7. The number of rotatable bonds is 4. The zero-order valence-corrected chi connectivity index (χ0v) is 36.6. The molecule has 4 saturated carbocycles. The van der Waals surface area contributed by atoms with Crippen molar-refractivity contribution in [3.63, 3.8) is 0 Å². The fourth-order valence-corrected chi connectivity index (χ4v) is 15.4. The second kappa shape index (κ2) is 12.5. The molecular formula is C57H57NS. The Balaban J connectivity index is 1.08. The van der Waals surface area contributed by atoms with Crippen molar-refractivity contribution in [2.75, 3.05) is 4.90 Å². The summed E-state index contributed by atoms with van der Waals surface area (Å²) in [7, 11) is 0. The average molecular weight is 788 g/mol. The molecule has 6 aromatic rings. The van der Waals surface area contributed by atoms with Gasteiger partial charge in [-0.3, -0.25) is 0 Å². The van der Waals surface area contributed by atoms with E-state index >= 15 is 0 Å². The molecule has 4 bridgehead atoms. The lowest BCUT2D eigenvalue weighted by molar-refractivity contribution is -0.0441. The van der Waals surface area contributed by atoms with E-state index in [1.54, 1.807) is 11.1 Å². The van der Waals surface area contributed by atoms with Crippen LogP contribution in [0.3, 0.4) is 0 Å². The summed E-state index contributed by atoms with van der Waals surface area (Å²) in [6, 6.07) is 50.2. The molecule has 1 spiro atoms. The van der Waals surface area contributed by atoms with Crippen molar-refractivity contribution in [3.05, 3.63) is 161 Å². The summed E-state index contributed by atoms with van der Waals surface area (Å²) in [6.45, 7) is 14.6. The molecule has 1 heterocycles. The van der Waals surface area contributed by atoms with Crippen molar-refractivity contribution in [1.82, 2.24) is 0 Å². The molecule has 0 radical (unpaired) electrons. The average Bonchev–Trinajstić information content (AvgIpc) is 3.46. The van der Waals surface area contributed by atoms with Gasteiger partial charge in [-0.2, -0.15) is 0 Å². The zero-order valence-electron chi connectivity index (χ0n) is 35.7. The number of anilines is 3. The molecule has 2 heteroatoms. The van der Waals surface area contributed by atoms with Crippen molar-refractivity contribution in [2.24, 2.45) is 23.7 Å². The fraction of sp³-hybridized carbons (Fsp3) is 0.368. The summed E-state index contributed by atoms with van der Waals surface area (Å²) in [5.41, 5.74) is 18.7.